The molecular formula is C18H21Cl2FN2OS. The molecule has 0 aliphatic heterocycles. The van der Waals surface area contributed by atoms with Gasteiger partial charge in [-0.2, -0.15) is 0 Å². The maximum absolute atomic E-state index is 13.3. The number of hydrogen-bond donors (Lipinski definition) is 2. The maximum Gasteiger partial charge on any atom is 0.237 e. The van der Waals surface area contributed by atoms with Gasteiger partial charge in [0.2, 0.25) is 5.91 Å². The summed E-state index contributed by atoms with van der Waals surface area (Å²) in [5.74, 6) is -0.578. The molecule has 0 spiro atoms. The summed E-state index contributed by atoms with van der Waals surface area (Å²) in [6.07, 6.45) is 0.709. The van der Waals surface area contributed by atoms with Crippen LogP contribution in [0.25, 0.3) is 0 Å². The number of thioether (sulfide) groups is 1. The number of nitrogens with two attached hydrogens (primary N) is 1. The van der Waals surface area contributed by atoms with Gasteiger partial charge in [-0.25, -0.2) is 4.39 Å². The van der Waals surface area contributed by atoms with E-state index in [4.69, 9.17) is 17.3 Å². The molecule has 0 bridgehead atoms. The van der Waals surface area contributed by atoms with Crippen molar-refractivity contribution in [2.45, 2.75) is 29.5 Å². The van der Waals surface area contributed by atoms with Crippen molar-refractivity contribution in [2.24, 2.45) is 5.73 Å². The Morgan fingerprint density at radius 3 is 2.56 bits per heavy atom. The van der Waals surface area contributed by atoms with Crippen molar-refractivity contribution in [3.63, 3.8) is 0 Å². The summed E-state index contributed by atoms with van der Waals surface area (Å²) in [5.41, 5.74) is 6.59. The second kappa shape index (κ2) is 10.7. The van der Waals surface area contributed by atoms with E-state index < -0.39 is 11.1 Å². The summed E-state index contributed by atoms with van der Waals surface area (Å²) in [6.45, 7) is 2.42. The molecule has 7 heteroatoms. The molecule has 0 aliphatic rings. The number of amides is 1. The van der Waals surface area contributed by atoms with Crippen LogP contribution in [-0.2, 0) is 4.79 Å². The normalized spacial score (nSPS) is 12.8. The molecular weight excluding hydrogens is 382 g/mol. The number of halogens is 3. The first-order valence-corrected chi connectivity index (χ1v) is 8.93. The molecule has 2 rings (SSSR count). The summed E-state index contributed by atoms with van der Waals surface area (Å²) < 4.78 is 13.3. The Morgan fingerprint density at radius 1 is 1.28 bits per heavy atom. The van der Waals surface area contributed by atoms with E-state index in [1.54, 1.807) is 6.07 Å². The van der Waals surface area contributed by atoms with Crippen LogP contribution >= 0.6 is 35.8 Å². The molecule has 2 atom stereocenters. The van der Waals surface area contributed by atoms with E-state index in [9.17, 15) is 9.18 Å². The van der Waals surface area contributed by atoms with Crippen LogP contribution < -0.4 is 11.1 Å². The first-order valence-electron chi connectivity index (χ1n) is 7.67. The van der Waals surface area contributed by atoms with E-state index >= 15 is 0 Å². The third-order valence-electron chi connectivity index (χ3n) is 3.38. The Labute approximate surface area is 162 Å². The number of carbonyl (C=O) groups is 1. The number of nitrogens with one attached hydrogen (secondary N) is 1. The lowest BCUT2D eigenvalue weighted by atomic mass is 10.1. The average molecular weight is 403 g/mol. The number of rotatable bonds is 7. The van der Waals surface area contributed by atoms with Crippen molar-refractivity contribution in [1.29, 1.82) is 0 Å². The Kier molecular flexibility index (Phi) is 9.28. The molecule has 1 amide bonds. The highest BCUT2D eigenvalue weighted by atomic mass is 35.5. The topological polar surface area (TPSA) is 55.1 Å². The first-order chi connectivity index (χ1) is 11.5. The quantitative estimate of drug-likeness (QED) is 0.665. The molecule has 136 valence electrons. The predicted molar refractivity (Wildman–Crippen MR) is 105 cm³/mol. The predicted octanol–water partition coefficient (Wildman–Crippen LogP) is 4.59. The molecule has 3 N–H and O–H groups in total. The van der Waals surface area contributed by atoms with Crippen LogP contribution in [0.15, 0.2) is 53.4 Å². The fourth-order valence-corrected chi connectivity index (χ4v) is 3.44. The standard InChI is InChI=1S/C18H20ClFN2OS.ClH/c1-12(21)9-10-22-18(23)17(13-5-3-2-4-6-13)24-14-7-8-16(20)15(19)11-14;/h2-8,11-12,17H,9-10,21H2,1H3,(H,22,23);1H. The first kappa shape index (κ1) is 21.8. The monoisotopic (exact) mass is 402 g/mol. The summed E-state index contributed by atoms with van der Waals surface area (Å²) in [5, 5.41) is 2.51. The Balaban J connectivity index is 0.00000312. The smallest absolute Gasteiger partial charge is 0.237 e. The van der Waals surface area contributed by atoms with Gasteiger partial charge in [-0.1, -0.05) is 41.9 Å². The molecule has 2 aromatic rings. The summed E-state index contributed by atoms with van der Waals surface area (Å²) >= 11 is 7.18. The minimum absolute atomic E-state index is 0. The lowest BCUT2D eigenvalue weighted by Gasteiger charge is -2.17. The van der Waals surface area contributed by atoms with Gasteiger partial charge in [0.1, 0.15) is 11.1 Å². The van der Waals surface area contributed by atoms with Gasteiger partial charge < -0.3 is 11.1 Å². The fraction of sp³-hybridized carbons (Fsp3) is 0.278. The van der Waals surface area contributed by atoms with Gasteiger partial charge in [0.25, 0.3) is 0 Å². The van der Waals surface area contributed by atoms with E-state index in [1.165, 1.54) is 23.9 Å². The largest absolute Gasteiger partial charge is 0.355 e. The van der Waals surface area contributed by atoms with Gasteiger partial charge in [-0.05, 0) is 37.1 Å². The zero-order valence-corrected chi connectivity index (χ0v) is 16.1. The molecule has 0 saturated heterocycles. The molecule has 0 aromatic heterocycles. The van der Waals surface area contributed by atoms with Gasteiger partial charge in [0.15, 0.2) is 0 Å². The molecule has 0 aliphatic carbocycles. The van der Waals surface area contributed by atoms with Crippen molar-refractivity contribution in [3.05, 3.63) is 64.9 Å². The summed E-state index contributed by atoms with van der Waals surface area (Å²) in [6, 6.07) is 14.0. The van der Waals surface area contributed by atoms with Gasteiger partial charge in [0, 0.05) is 17.5 Å². The second-order valence-corrected chi connectivity index (χ2v) is 7.13. The van der Waals surface area contributed by atoms with Gasteiger partial charge in [0.05, 0.1) is 5.02 Å². The van der Waals surface area contributed by atoms with Crippen molar-refractivity contribution >= 4 is 41.7 Å². The average Bonchev–Trinajstić information content (AvgIpc) is 2.56. The van der Waals surface area contributed by atoms with Crippen LogP contribution in [0.3, 0.4) is 0 Å². The summed E-state index contributed by atoms with van der Waals surface area (Å²) in [4.78, 5) is 13.3. The van der Waals surface area contributed by atoms with Crippen LogP contribution in [-0.4, -0.2) is 18.5 Å². The molecule has 2 unspecified atom stereocenters. The molecule has 0 saturated carbocycles. The van der Waals surface area contributed by atoms with E-state index in [1.807, 2.05) is 37.3 Å². The van der Waals surface area contributed by atoms with Crippen LogP contribution in [0.1, 0.15) is 24.2 Å². The SMILES string of the molecule is CC(N)CCNC(=O)C(Sc1ccc(F)c(Cl)c1)c1ccccc1.Cl. The zero-order valence-electron chi connectivity index (χ0n) is 13.7. The molecule has 0 heterocycles. The number of carbonyl (C=O) groups excluding carboxylic acids is 1. The lowest BCUT2D eigenvalue weighted by Crippen LogP contribution is -2.31. The third-order valence-corrected chi connectivity index (χ3v) is 4.92. The van der Waals surface area contributed by atoms with Crippen LogP contribution in [0.2, 0.25) is 5.02 Å². The van der Waals surface area contributed by atoms with Gasteiger partial charge in [-0.15, -0.1) is 24.2 Å². The Morgan fingerprint density at radius 2 is 1.96 bits per heavy atom. The molecule has 3 nitrogen and oxygen atoms in total. The second-order valence-electron chi connectivity index (χ2n) is 5.54. The fourth-order valence-electron chi connectivity index (χ4n) is 2.10. The maximum atomic E-state index is 13.3. The zero-order chi connectivity index (χ0) is 17.5. The van der Waals surface area contributed by atoms with E-state index in [2.05, 4.69) is 5.32 Å². The molecule has 0 fully saturated rings. The molecule has 25 heavy (non-hydrogen) atoms. The van der Waals surface area contributed by atoms with Crippen LogP contribution in [0.5, 0.6) is 0 Å². The number of hydrogen-bond acceptors (Lipinski definition) is 3. The van der Waals surface area contributed by atoms with Crippen molar-refractivity contribution in [3.8, 4) is 0 Å². The van der Waals surface area contributed by atoms with Crippen molar-refractivity contribution < 1.29 is 9.18 Å². The Bertz CT molecular complexity index is 686. The van der Waals surface area contributed by atoms with E-state index in [-0.39, 0.29) is 29.4 Å². The highest BCUT2D eigenvalue weighted by molar-refractivity contribution is 8.00. The van der Waals surface area contributed by atoms with E-state index in [0.29, 0.717) is 13.0 Å². The van der Waals surface area contributed by atoms with Gasteiger partial charge >= 0.3 is 0 Å². The third kappa shape index (κ3) is 6.86. The number of benzene rings is 2. The van der Waals surface area contributed by atoms with E-state index in [0.717, 1.165) is 10.5 Å². The minimum atomic E-state index is -0.473. The Hall–Kier alpha value is -1.27. The highest BCUT2D eigenvalue weighted by Gasteiger charge is 2.22. The van der Waals surface area contributed by atoms with Crippen LogP contribution in [0, 0.1) is 5.82 Å². The minimum Gasteiger partial charge on any atom is -0.355 e. The molecule has 2 aromatic carbocycles. The highest BCUT2D eigenvalue weighted by Crippen LogP contribution is 2.36. The summed E-state index contributed by atoms with van der Waals surface area (Å²) in [7, 11) is 0. The van der Waals surface area contributed by atoms with Crippen molar-refractivity contribution in [2.75, 3.05) is 6.54 Å². The lowest BCUT2D eigenvalue weighted by molar-refractivity contribution is -0.120. The van der Waals surface area contributed by atoms with Crippen LogP contribution in [0.4, 0.5) is 4.39 Å². The van der Waals surface area contributed by atoms with Gasteiger partial charge in [-0.3, -0.25) is 4.79 Å². The van der Waals surface area contributed by atoms with Crippen molar-refractivity contribution in [1.82, 2.24) is 5.32 Å². The molecule has 0 radical (unpaired) electrons.